The van der Waals surface area contributed by atoms with Crippen LogP contribution in [0.2, 0.25) is 15.1 Å². The number of rotatable bonds is 6. The molecule has 188 valence electrons. The van der Waals surface area contributed by atoms with Crippen molar-refractivity contribution in [1.82, 2.24) is 25.5 Å². The zero-order valence-corrected chi connectivity index (χ0v) is 22.4. The largest absolute Gasteiger partial charge is 0.484 e. The first-order valence-electron chi connectivity index (χ1n) is 11.3. The average Bonchev–Trinajstić information content (AvgIpc) is 3.22. The summed E-state index contributed by atoms with van der Waals surface area (Å²) in [4.78, 5) is 10.5. The van der Waals surface area contributed by atoms with Gasteiger partial charge in [-0.05, 0) is 46.0 Å². The number of fused-ring (bicyclic) bond motifs is 1. The van der Waals surface area contributed by atoms with Crippen molar-refractivity contribution in [3.63, 3.8) is 0 Å². The van der Waals surface area contributed by atoms with Gasteiger partial charge in [-0.1, -0.05) is 34.8 Å². The molecule has 7 nitrogen and oxygen atoms in total. The number of aromatic amines is 1. The molecule has 1 aromatic carbocycles. The topological polar surface area (TPSA) is 79.0 Å². The second-order valence-corrected chi connectivity index (χ2v) is 10.5. The normalized spacial score (nSPS) is 15.7. The van der Waals surface area contributed by atoms with E-state index in [0.717, 1.165) is 0 Å². The molecule has 3 aromatic heterocycles. The van der Waals surface area contributed by atoms with Crippen LogP contribution in [0.5, 0.6) is 5.75 Å². The Morgan fingerprint density at radius 3 is 2.58 bits per heavy atom. The average molecular weight is 550 g/mol. The number of ether oxygens (including phenoxy) is 1. The molecule has 1 saturated heterocycles. The Balaban J connectivity index is 1.46. The van der Waals surface area contributed by atoms with Crippen molar-refractivity contribution in [3.8, 4) is 17.0 Å². The summed E-state index contributed by atoms with van der Waals surface area (Å²) in [5.41, 5.74) is 2.99. The SMILES string of the molecule is CNC1(C)CN(c2ncc(-c3n[nH]c4cc(Cl)c(OC(C)c5c(Cl)cnc(C)c5Cl)cc34)cc2F)C1. The molecule has 36 heavy (non-hydrogen) atoms. The highest BCUT2D eigenvalue weighted by Gasteiger charge is 2.39. The number of aryl methyl sites for hydroxylation is 1. The zero-order chi connectivity index (χ0) is 25.8. The van der Waals surface area contributed by atoms with Gasteiger partial charge in [-0.25, -0.2) is 9.37 Å². The Bertz CT molecular complexity index is 1470. The predicted octanol–water partition coefficient (Wildman–Crippen LogP) is 6.37. The van der Waals surface area contributed by atoms with Gasteiger partial charge >= 0.3 is 0 Å². The summed E-state index contributed by atoms with van der Waals surface area (Å²) in [6, 6.07) is 4.93. The lowest BCUT2D eigenvalue weighted by atomic mass is 9.92. The maximum Gasteiger partial charge on any atom is 0.166 e. The van der Waals surface area contributed by atoms with Gasteiger partial charge < -0.3 is 15.0 Å². The Hall–Kier alpha value is -2.65. The highest BCUT2D eigenvalue weighted by molar-refractivity contribution is 6.36. The van der Waals surface area contributed by atoms with E-state index in [1.807, 2.05) is 18.9 Å². The van der Waals surface area contributed by atoms with E-state index in [2.05, 4.69) is 32.4 Å². The second-order valence-electron chi connectivity index (χ2n) is 9.28. The van der Waals surface area contributed by atoms with E-state index in [4.69, 9.17) is 39.5 Å². The molecule has 4 aromatic rings. The summed E-state index contributed by atoms with van der Waals surface area (Å²) >= 11 is 19.3. The van der Waals surface area contributed by atoms with Crippen molar-refractivity contribution >= 4 is 51.5 Å². The van der Waals surface area contributed by atoms with Crippen LogP contribution >= 0.6 is 34.8 Å². The molecule has 0 amide bonds. The van der Waals surface area contributed by atoms with Gasteiger partial charge in [0.2, 0.25) is 0 Å². The molecule has 0 aliphatic carbocycles. The maximum absolute atomic E-state index is 15.0. The van der Waals surface area contributed by atoms with Crippen LogP contribution in [0.3, 0.4) is 0 Å². The van der Waals surface area contributed by atoms with Crippen LogP contribution in [-0.4, -0.2) is 45.8 Å². The van der Waals surface area contributed by atoms with Gasteiger partial charge in [0.25, 0.3) is 0 Å². The minimum Gasteiger partial charge on any atom is -0.484 e. The number of hydrogen-bond donors (Lipinski definition) is 2. The number of anilines is 1. The minimum absolute atomic E-state index is 0.0403. The highest BCUT2D eigenvalue weighted by atomic mass is 35.5. The van der Waals surface area contributed by atoms with Gasteiger partial charge in [-0.15, -0.1) is 0 Å². The molecule has 1 aliphatic rings. The number of halogens is 4. The summed E-state index contributed by atoms with van der Waals surface area (Å²) in [6.07, 6.45) is 2.66. The van der Waals surface area contributed by atoms with Gasteiger partial charge in [0.15, 0.2) is 11.6 Å². The van der Waals surface area contributed by atoms with E-state index in [1.54, 1.807) is 31.5 Å². The summed E-state index contributed by atoms with van der Waals surface area (Å²) in [7, 11) is 1.90. The molecule has 1 atom stereocenters. The fraction of sp³-hybridized carbons (Fsp3) is 0.320. The second kappa shape index (κ2) is 9.34. The maximum atomic E-state index is 15.0. The van der Waals surface area contributed by atoms with Crippen LogP contribution in [0, 0.1) is 12.7 Å². The van der Waals surface area contributed by atoms with Crippen molar-refractivity contribution in [2.24, 2.45) is 0 Å². The molecular formula is C25H24Cl3FN6O. The Morgan fingerprint density at radius 1 is 1.14 bits per heavy atom. The predicted molar refractivity (Wildman–Crippen MR) is 142 cm³/mol. The molecule has 0 radical (unpaired) electrons. The standard InChI is InChI=1S/C25H24Cl3FN6O/c1-12-22(28)21(17(27)9-31-12)13(2)36-20-6-15-19(7-16(20)26)33-34-23(15)14-5-18(29)24(32-8-14)35-10-25(3,11-35)30-4/h5-9,13,30H,10-11H2,1-4H3,(H,33,34). The Kier molecular flexibility index (Phi) is 6.49. The van der Waals surface area contributed by atoms with E-state index in [0.29, 0.717) is 73.1 Å². The highest BCUT2D eigenvalue weighted by Crippen LogP contribution is 2.39. The molecule has 4 heterocycles. The molecule has 0 bridgehead atoms. The first-order valence-corrected chi connectivity index (χ1v) is 12.5. The quantitative estimate of drug-likeness (QED) is 0.291. The van der Waals surface area contributed by atoms with Crippen LogP contribution < -0.4 is 15.0 Å². The number of pyridine rings is 2. The van der Waals surface area contributed by atoms with Gasteiger partial charge in [0.05, 0.1) is 31.8 Å². The third-order valence-corrected chi connectivity index (χ3v) is 7.66. The van der Waals surface area contributed by atoms with Gasteiger partial charge in [-0.3, -0.25) is 10.1 Å². The van der Waals surface area contributed by atoms with Gasteiger partial charge in [0.1, 0.15) is 17.5 Å². The van der Waals surface area contributed by atoms with Crippen molar-refractivity contribution in [2.75, 3.05) is 25.0 Å². The van der Waals surface area contributed by atoms with Gasteiger partial charge in [-0.2, -0.15) is 5.10 Å². The number of nitrogens with one attached hydrogen (secondary N) is 2. The first kappa shape index (κ1) is 25.0. The molecule has 0 saturated carbocycles. The third kappa shape index (κ3) is 4.36. The number of benzene rings is 1. The lowest BCUT2D eigenvalue weighted by molar-refractivity contribution is 0.227. The van der Waals surface area contributed by atoms with Crippen LogP contribution in [0.25, 0.3) is 22.2 Å². The number of H-pyrrole nitrogens is 1. The first-order chi connectivity index (χ1) is 17.1. The number of likely N-dealkylation sites (N-methyl/N-ethyl adjacent to an activating group) is 1. The van der Waals surface area contributed by atoms with Crippen molar-refractivity contribution in [3.05, 3.63) is 62.7 Å². The van der Waals surface area contributed by atoms with Crippen molar-refractivity contribution < 1.29 is 9.13 Å². The number of aromatic nitrogens is 4. The Morgan fingerprint density at radius 2 is 1.89 bits per heavy atom. The molecule has 5 rings (SSSR count). The van der Waals surface area contributed by atoms with E-state index in [-0.39, 0.29) is 5.54 Å². The molecule has 11 heteroatoms. The van der Waals surface area contributed by atoms with Crippen LogP contribution in [0.4, 0.5) is 10.2 Å². The number of hydrogen-bond acceptors (Lipinski definition) is 6. The fourth-order valence-corrected chi connectivity index (χ4v) is 5.28. The summed E-state index contributed by atoms with van der Waals surface area (Å²) in [5, 5.41) is 12.5. The molecule has 0 spiro atoms. The van der Waals surface area contributed by atoms with Crippen LogP contribution in [-0.2, 0) is 0 Å². The zero-order valence-electron chi connectivity index (χ0n) is 20.1. The summed E-state index contributed by atoms with van der Waals surface area (Å²) in [5.74, 6) is 0.338. The van der Waals surface area contributed by atoms with Crippen LogP contribution in [0.1, 0.15) is 31.2 Å². The molecule has 1 aliphatic heterocycles. The third-order valence-electron chi connectivity index (χ3n) is 6.59. The Labute approximate surface area is 222 Å². The van der Waals surface area contributed by atoms with Gasteiger partial charge in [0, 0.05) is 42.0 Å². The smallest absolute Gasteiger partial charge is 0.166 e. The number of nitrogens with zero attached hydrogens (tertiary/aromatic N) is 4. The lowest BCUT2D eigenvalue weighted by Crippen LogP contribution is -2.67. The molecular weight excluding hydrogens is 526 g/mol. The van der Waals surface area contributed by atoms with Crippen molar-refractivity contribution in [2.45, 2.75) is 32.4 Å². The van der Waals surface area contributed by atoms with E-state index in [9.17, 15) is 0 Å². The molecule has 1 fully saturated rings. The van der Waals surface area contributed by atoms with Crippen molar-refractivity contribution in [1.29, 1.82) is 0 Å². The lowest BCUT2D eigenvalue weighted by Gasteiger charge is -2.48. The van der Waals surface area contributed by atoms with E-state index < -0.39 is 11.9 Å². The van der Waals surface area contributed by atoms with Crippen LogP contribution in [0.15, 0.2) is 30.6 Å². The monoisotopic (exact) mass is 548 g/mol. The minimum atomic E-state index is -0.504. The fourth-order valence-electron chi connectivity index (χ4n) is 4.43. The van der Waals surface area contributed by atoms with E-state index in [1.165, 1.54) is 6.07 Å². The molecule has 2 N–H and O–H groups in total. The summed E-state index contributed by atoms with van der Waals surface area (Å²) < 4.78 is 21.2. The van der Waals surface area contributed by atoms with E-state index >= 15 is 4.39 Å². The molecule has 1 unspecified atom stereocenters. The summed E-state index contributed by atoms with van der Waals surface area (Å²) in [6.45, 7) is 7.08.